The number of hydrogen-bond acceptors (Lipinski definition) is 5. The molecule has 0 heterocycles. The molecule has 1 N–H and O–H groups in total. The van der Waals surface area contributed by atoms with Gasteiger partial charge in [-0.3, -0.25) is 9.10 Å². The number of carbonyl (C=O) groups is 1. The molecular formula is C25H27FN2O4S2. The van der Waals surface area contributed by atoms with Gasteiger partial charge in [-0.15, -0.1) is 0 Å². The van der Waals surface area contributed by atoms with Crippen molar-refractivity contribution in [2.75, 3.05) is 30.3 Å². The zero-order valence-corrected chi connectivity index (χ0v) is 20.4. The fourth-order valence-electron chi connectivity index (χ4n) is 3.15. The zero-order valence-electron chi connectivity index (χ0n) is 18.8. The smallest absolute Gasteiger partial charge is 0.264 e. The predicted molar refractivity (Wildman–Crippen MR) is 134 cm³/mol. The van der Waals surface area contributed by atoms with Crippen LogP contribution in [-0.4, -0.2) is 40.3 Å². The van der Waals surface area contributed by atoms with E-state index >= 15 is 0 Å². The summed E-state index contributed by atoms with van der Waals surface area (Å²) < 4.78 is 46.1. The minimum Gasteiger partial charge on any atom is -0.497 e. The van der Waals surface area contributed by atoms with Crippen LogP contribution in [-0.2, 0) is 20.6 Å². The summed E-state index contributed by atoms with van der Waals surface area (Å²) in [5, 5.41) is 2.78. The van der Waals surface area contributed by atoms with Gasteiger partial charge in [0.15, 0.2) is 0 Å². The second kappa shape index (κ2) is 12.4. The van der Waals surface area contributed by atoms with Gasteiger partial charge in [-0.25, -0.2) is 12.8 Å². The Kier molecular flexibility index (Phi) is 9.35. The standard InChI is InChI=1S/C25H27FN2O4S2/c1-32-23-12-14-24(15-13-23)34(30,31)28(22-10-8-21(26)9-11-22)18-25(29)27-16-5-17-33-19-20-6-3-2-4-7-20/h2-4,6-15H,5,16-19H2,1H3,(H,27,29). The molecule has 3 aromatic carbocycles. The monoisotopic (exact) mass is 502 g/mol. The van der Waals surface area contributed by atoms with Crippen molar-refractivity contribution in [2.24, 2.45) is 0 Å². The maximum atomic E-state index is 13.4. The number of halogens is 1. The van der Waals surface area contributed by atoms with Crippen molar-refractivity contribution >= 4 is 33.4 Å². The molecule has 3 aromatic rings. The highest BCUT2D eigenvalue weighted by atomic mass is 32.2. The molecule has 34 heavy (non-hydrogen) atoms. The molecule has 0 atom stereocenters. The van der Waals surface area contributed by atoms with Crippen molar-refractivity contribution in [3.05, 3.63) is 90.2 Å². The van der Waals surface area contributed by atoms with E-state index in [2.05, 4.69) is 17.4 Å². The maximum Gasteiger partial charge on any atom is 0.264 e. The molecule has 0 bridgehead atoms. The van der Waals surface area contributed by atoms with Gasteiger partial charge in [0.1, 0.15) is 18.1 Å². The summed E-state index contributed by atoms with van der Waals surface area (Å²) in [6, 6.07) is 21.0. The summed E-state index contributed by atoms with van der Waals surface area (Å²) >= 11 is 1.77. The van der Waals surface area contributed by atoms with E-state index in [0.717, 1.165) is 34.4 Å². The predicted octanol–water partition coefficient (Wildman–Crippen LogP) is 4.47. The number of nitrogens with zero attached hydrogens (tertiary/aromatic N) is 1. The van der Waals surface area contributed by atoms with E-state index in [-0.39, 0.29) is 10.6 Å². The molecule has 0 saturated carbocycles. The summed E-state index contributed by atoms with van der Waals surface area (Å²) in [5.74, 6) is 1.33. The lowest BCUT2D eigenvalue weighted by Crippen LogP contribution is -2.41. The van der Waals surface area contributed by atoms with E-state index in [0.29, 0.717) is 12.3 Å². The summed E-state index contributed by atoms with van der Waals surface area (Å²) in [7, 11) is -2.58. The summed E-state index contributed by atoms with van der Waals surface area (Å²) in [6.45, 7) is 0.0115. The molecule has 9 heteroatoms. The highest BCUT2D eigenvalue weighted by molar-refractivity contribution is 7.98. The molecule has 1 amide bonds. The lowest BCUT2D eigenvalue weighted by atomic mass is 10.2. The summed E-state index contributed by atoms with van der Waals surface area (Å²) in [5.41, 5.74) is 1.45. The number of hydrogen-bond donors (Lipinski definition) is 1. The molecule has 0 aromatic heterocycles. The van der Waals surface area contributed by atoms with Crippen LogP contribution in [0.2, 0.25) is 0 Å². The first-order chi connectivity index (χ1) is 16.4. The number of amides is 1. The number of thioether (sulfide) groups is 1. The Morgan fingerprint density at radius 2 is 1.68 bits per heavy atom. The number of anilines is 1. The van der Waals surface area contributed by atoms with Gasteiger partial charge in [-0.2, -0.15) is 11.8 Å². The van der Waals surface area contributed by atoms with Gasteiger partial charge in [-0.1, -0.05) is 30.3 Å². The van der Waals surface area contributed by atoms with Crippen molar-refractivity contribution in [2.45, 2.75) is 17.1 Å². The number of sulfonamides is 1. The molecular weight excluding hydrogens is 475 g/mol. The van der Waals surface area contributed by atoms with Crippen LogP contribution >= 0.6 is 11.8 Å². The molecule has 0 spiro atoms. The van der Waals surface area contributed by atoms with Crippen molar-refractivity contribution in [3.8, 4) is 5.75 Å². The number of ether oxygens (including phenoxy) is 1. The molecule has 6 nitrogen and oxygen atoms in total. The first kappa shape index (κ1) is 25.6. The van der Waals surface area contributed by atoms with Crippen molar-refractivity contribution in [3.63, 3.8) is 0 Å². The number of nitrogens with one attached hydrogen (secondary N) is 1. The van der Waals surface area contributed by atoms with Crippen LogP contribution < -0.4 is 14.4 Å². The van der Waals surface area contributed by atoms with E-state index in [1.807, 2.05) is 18.2 Å². The third-order valence-corrected chi connectivity index (χ3v) is 7.85. The van der Waals surface area contributed by atoms with Crippen LogP contribution in [0.15, 0.2) is 83.8 Å². The van der Waals surface area contributed by atoms with Crippen LogP contribution in [0, 0.1) is 5.82 Å². The largest absolute Gasteiger partial charge is 0.497 e. The van der Waals surface area contributed by atoms with Gasteiger partial charge in [0.2, 0.25) is 5.91 Å². The third-order valence-electron chi connectivity index (χ3n) is 4.95. The van der Waals surface area contributed by atoms with E-state index < -0.39 is 28.3 Å². The van der Waals surface area contributed by atoms with Gasteiger partial charge in [0.05, 0.1) is 17.7 Å². The Hall–Kier alpha value is -3.04. The normalized spacial score (nSPS) is 11.1. The quantitative estimate of drug-likeness (QED) is 0.370. The van der Waals surface area contributed by atoms with E-state index in [9.17, 15) is 17.6 Å². The Labute approximate surface area is 204 Å². The molecule has 0 fully saturated rings. The zero-order chi connectivity index (χ0) is 24.4. The molecule has 0 aliphatic heterocycles. The number of methoxy groups -OCH3 is 1. The average Bonchev–Trinajstić information content (AvgIpc) is 2.86. The SMILES string of the molecule is COc1ccc(S(=O)(=O)N(CC(=O)NCCCSCc2ccccc2)c2ccc(F)cc2)cc1. The van der Waals surface area contributed by atoms with Crippen LogP contribution in [0.3, 0.4) is 0 Å². The summed E-state index contributed by atoms with van der Waals surface area (Å²) in [4.78, 5) is 12.6. The minimum absolute atomic E-state index is 0.00253. The second-order valence-corrected chi connectivity index (χ2v) is 10.4. The molecule has 3 rings (SSSR count). The Morgan fingerprint density at radius 3 is 2.32 bits per heavy atom. The van der Waals surface area contributed by atoms with Crippen LogP contribution in [0.1, 0.15) is 12.0 Å². The molecule has 0 saturated heterocycles. The maximum absolute atomic E-state index is 13.4. The van der Waals surface area contributed by atoms with Gasteiger partial charge < -0.3 is 10.1 Å². The van der Waals surface area contributed by atoms with Crippen LogP contribution in [0.4, 0.5) is 10.1 Å². The Bertz CT molecular complexity index is 1160. The minimum atomic E-state index is -4.07. The number of carbonyl (C=O) groups excluding carboxylic acids is 1. The first-order valence-electron chi connectivity index (χ1n) is 10.7. The molecule has 0 aliphatic rings. The van der Waals surface area contributed by atoms with Crippen molar-refractivity contribution < 1.29 is 22.3 Å². The van der Waals surface area contributed by atoms with Gasteiger partial charge >= 0.3 is 0 Å². The van der Waals surface area contributed by atoms with E-state index in [1.54, 1.807) is 11.8 Å². The van der Waals surface area contributed by atoms with Crippen molar-refractivity contribution in [1.82, 2.24) is 5.32 Å². The van der Waals surface area contributed by atoms with Crippen LogP contribution in [0.5, 0.6) is 5.75 Å². The third kappa shape index (κ3) is 7.23. The fraction of sp³-hybridized carbons (Fsp3) is 0.240. The van der Waals surface area contributed by atoms with Crippen LogP contribution in [0.25, 0.3) is 0 Å². The Balaban J connectivity index is 1.61. The number of rotatable bonds is 12. The lowest BCUT2D eigenvalue weighted by Gasteiger charge is -2.24. The molecule has 0 radical (unpaired) electrons. The highest BCUT2D eigenvalue weighted by Gasteiger charge is 2.27. The lowest BCUT2D eigenvalue weighted by molar-refractivity contribution is -0.119. The van der Waals surface area contributed by atoms with Gasteiger partial charge in [0.25, 0.3) is 10.0 Å². The van der Waals surface area contributed by atoms with Gasteiger partial charge in [-0.05, 0) is 66.3 Å². The van der Waals surface area contributed by atoms with E-state index in [4.69, 9.17) is 4.74 Å². The summed E-state index contributed by atoms with van der Waals surface area (Å²) in [6.07, 6.45) is 0.755. The highest BCUT2D eigenvalue weighted by Crippen LogP contribution is 2.25. The molecule has 0 unspecified atom stereocenters. The topological polar surface area (TPSA) is 75.7 Å². The number of benzene rings is 3. The fourth-order valence-corrected chi connectivity index (χ4v) is 5.49. The molecule has 180 valence electrons. The Morgan fingerprint density at radius 1 is 1.00 bits per heavy atom. The first-order valence-corrected chi connectivity index (χ1v) is 13.3. The molecule has 0 aliphatic carbocycles. The van der Waals surface area contributed by atoms with E-state index in [1.165, 1.54) is 49.1 Å². The van der Waals surface area contributed by atoms with Crippen molar-refractivity contribution in [1.29, 1.82) is 0 Å². The van der Waals surface area contributed by atoms with Gasteiger partial charge in [0, 0.05) is 12.3 Å². The second-order valence-electron chi connectivity index (χ2n) is 7.41. The average molecular weight is 503 g/mol.